The summed E-state index contributed by atoms with van der Waals surface area (Å²) in [5, 5.41) is 12.0. The van der Waals surface area contributed by atoms with Crippen LogP contribution in [0.1, 0.15) is 17.0 Å². The quantitative estimate of drug-likeness (QED) is 0.239. The summed E-state index contributed by atoms with van der Waals surface area (Å²) in [6, 6.07) is 48.3. The first-order valence-corrected chi connectivity index (χ1v) is 17.4. The fraction of sp³-hybridized carbons (Fsp3) is 0.0625. The topological polar surface area (TPSA) is 29.5 Å². The molecule has 0 heterocycles. The Kier molecular flexibility index (Phi) is 6.03. The molecule has 0 radical (unpaired) electrons. The molecular weight excluding hydrogens is 535 g/mol. The summed E-state index contributed by atoms with van der Waals surface area (Å²) in [4.78, 5) is 0. The molecule has 0 saturated carbocycles. The average molecular weight is 561 g/mol. The summed E-state index contributed by atoms with van der Waals surface area (Å²) in [6.07, 6.45) is -0.990. The maximum absolute atomic E-state index is 12.0. The van der Waals surface area contributed by atoms with E-state index >= 15 is 0 Å². The van der Waals surface area contributed by atoms with Gasteiger partial charge in [0.1, 0.15) is 0 Å². The molecule has 0 amide bonds. The van der Waals surface area contributed by atoms with Gasteiger partial charge in [-0.3, -0.25) is 0 Å². The Morgan fingerprint density at radius 3 is 1.23 bits per heavy atom. The predicted molar refractivity (Wildman–Crippen MR) is 145 cm³/mol. The molecule has 5 aromatic rings. The normalized spacial score (nSPS) is 13.7. The molecule has 1 aliphatic rings. The van der Waals surface area contributed by atoms with Crippen LogP contribution in [0.2, 0.25) is 0 Å². The Morgan fingerprint density at radius 1 is 0.486 bits per heavy atom. The van der Waals surface area contributed by atoms with Gasteiger partial charge in [0.2, 0.25) is 0 Å². The molecule has 0 saturated heterocycles. The van der Waals surface area contributed by atoms with Crippen LogP contribution < -0.4 is 10.7 Å². The molecule has 0 spiro atoms. The van der Waals surface area contributed by atoms with Crippen molar-refractivity contribution in [2.75, 3.05) is 0 Å². The molecule has 35 heavy (non-hydrogen) atoms. The first-order valence-electron chi connectivity index (χ1n) is 12.0. The van der Waals surface area contributed by atoms with Crippen molar-refractivity contribution in [1.29, 1.82) is 0 Å². The number of aliphatic hydroxyl groups excluding tert-OH is 1. The van der Waals surface area contributed by atoms with Gasteiger partial charge < -0.3 is 0 Å². The molecule has 0 bridgehead atoms. The van der Waals surface area contributed by atoms with Crippen molar-refractivity contribution in [2.24, 2.45) is 0 Å². The SMILES string of the molecule is O[C@@H]([O][Sn]([c]1ccccc1)([c]1ccccc1)[c]1ccccc1)C1c2ccccc2-c2ccccc21. The fourth-order valence-corrected chi connectivity index (χ4v) is 16.6. The second-order valence-corrected chi connectivity index (χ2v) is 18.4. The van der Waals surface area contributed by atoms with E-state index in [1.54, 1.807) is 0 Å². The molecule has 2 nitrogen and oxygen atoms in total. The van der Waals surface area contributed by atoms with Crippen molar-refractivity contribution in [3.8, 4) is 11.1 Å². The van der Waals surface area contributed by atoms with Gasteiger partial charge in [-0.25, -0.2) is 0 Å². The van der Waals surface area contributed by atoms with E-state index in [0.29, 0.717) is 0 Å². The van der Waals surface area contributed by atoms with E-state index in [-0.39, 0.29) is 5.92 Å². The van der Waals surface area contributed by atoms with E-state index in [1.165, 1.54) is 21.9 Å². The predicted octanol–water partition coefficient (Wildman–Crippen LogP) is 4.80. The number of benzene rings is 5. The Balaban J connectivity index is 1.55. The monoisotopic (exact) mass is 562 g/mol. The van der Waals surface area contributed by atoms with Gasteiger partial charge in [0.15, 0.2) is 0 Å². The van der Waals surface area contributed by atoms with Gasteiger partial charge in [0.05, 0.1) is 0 Å². The molecule has 6 rings (SSSR count). The van der Waals surface area contributed by atoms with Crippen molar-refractivity contribution in [2.45, 2.75) is 12.2 Å². The third-order valence-electron chi connectivity index (χ3n) is 7.01. The molecule has 170 valence electrons. The Hall–Kier alpha value is -3.18. The van der Waals surface area contributed by atoms with Gasteiger partial charge in [-0.2, -0.15) is 0 Å². The third-order valence-corrected chi connectivity index (χ3v) is 18.5. The van der Waals surface area contributed by atoms with Crippen LogP contribution in [0.5, 0.6) is 0 Å². The van der Waals surface area contributed by atoms with Crippen molar-refractivity contribution >= 4 is 29.5 Å². The van der Waals surface area contributed by atoms with Crippen LogP contribution in [0.25, 0.3) is 11.1 Å². The first-order chi connectivity index (χ1) is 17.3. The number of fused-ring (bicyclic) bond motifs is 3. The summed E-state index contributed by atoms with van der Waals surface area (Å²) in [5.41, 5.74) is 4.59. The summed E-state index contributed by atoms with van der Waals surface area (Å²) >= 11 is -4.10. The first kappa shape index (κ1) is 22.3. The zero-order valence-electron chi connectivity index (χ0n) is 19.3. The molecule has 5 aromatic carbocycles. The molecular formula is C32H26O2Sn. The Labute approximate surface area is 210 Å². The van der Waals surface area contributed by atoms with Crippen LogP contribution >= 0.6 is 0 Å². The summed E-state index contributed by atoms with van der Waals surface area (Å²) in [6.45, 7) is 0. The standard InChI is InChI=1S/C14H11O2.3C6H5.Sn/c15-14(16)13-11-7-3-1-5-9(11)10-6-2-4-8-12(10)13;3*1-2-4-6-5-3-1;/h1-8,13-15H;3*1-5H;/q-1;;;;+1/t14-;;;;/m0..../s1. The number of hydrogen-bond donors (Lipinski definition) is 1. The zero-order chi connectivity index (χ0) is 23.7. The number of aliphatic hydroxyl groups is 1. The maximum atomic E-state index is 12.0. The van der Waals surface area contributed by atoms with Crippen LogP contribution in [0, 0.1) is 0 Å². The molecule has 1 atom stereocenters. The van der Waals surface area contributed by atoms with Crippen LogP contribution in [-0.2, 0) is 3.07 Å². The molecule has 1 aliphatic carbocycles. The van der Waals surface area contributed by atoms with Gasteiger partial charge in [-0.1, -0.05) is 0 Å². The van der Waals surface area contributed by atoms with E-state index in [4.69, 9.17) is 3.07 Å². The minimum atomic E-state index is -4.10. The van der Waals surface area contributed by atoms with Crippen molar-refractivity contribution in [3.05, 3.63) is 151 Å². The molecule has 0 aromatic heterocycles. The Bertz CT molecular complexity index is 1290. The fourth-order valence-electron chi connectivity index (χ4n) is 5.47. The van der Waals surface area contributed by atoms with Crippen molar-refractivity contribution < 1.29 is 8.18 Å². The van der Waals surface area contributed by atoms with E-state index in [9.17, 15) is 5.11 Å². The second-order valence-electron chi connectivity index (χ2n) is 8.94. The van der Waals surface area contributed by atoms with Crippen LogP contribution in [-0.4, -0.2) is 30.2 Å². The molecule has 1 N–H and O–H groups in total. The van der Waals surface area contributed by atoms with Crippen LogP contribution in [0.4, 0.5) is 0 Å². The average Bonchev–Trinajstić information content (AvgIpc) is 3.28. The van der Waals surface area contributed by atoms with Crippen molar-refractivity contribution in [1.82, 2.24) is 0 Å². The van der Waals surface area contributed by atoms with Gasteiger partial charge in [0.25, 0.3) is 0 Å². The number of hydrogen-bond acceptors (Lipinski definition) is 2. The molecule has 3 heteroatoms. The van der Waals surface area contributed by atoms with Gasteiger partial charge >= 0.3 is 212 Å². The van der Waals surface area contributed by atoms with Crippen molar-refractivity contribution in [3.63, 3.8) is 0 Å². The minimum absolute atomic E-state index is 0.241. The van der Waals surface area contributed by atoms with Gasteiger partial charge in [-0.15, -0.1) is 0 Å². The summed E-state index contributed by atoms with van der Waals surface area (Å²) < 4.78 is 10.7. The van der Waals surface area contributed by atoms with Gasteiger partial charge in [0, 0.05) is 0 Å². The van der Waals surface area contributed by atoms with Gasteiger partial charge in [-0.05, 0) is 0 Å². The second kappa shape index (κ2) is 9.46. The molecule has 0 aliphatic heterocycles. The van der Waals surface area contributed by atoms with E-state index < -0.39 is 25.1 Å². The molecule has 0 unspecified atom stereocenters. The van der Waals surface area contributed by atoms with E-state index in [1.807, 2.05) is 30.3 Å². The summed E-state index contributed by atoms with van der Waals surface area (Å²) in [5.74, 6) is -0.241. The Morgan fingerprint density at radius 2 is 0.829 bits per heavy atom. The number of rotatable bonds is 6. The third kappa shape index (κ3) is 3.82. The van der Waals surface area contributed by atoms with E-state index in [0.717, 1.165) is 11.1 Å². The molecule has 0 fully saturated rings. The van der Waals surface area contributed by atoms with Crippen LogP contribution in [0.15, 0.2) is 140 Å². The van der Waals surface area contributed by atoms with Crippen LogP contribution in [0.3, 0.4) is 0 Å². The zero-order valence-corrected chi connectivity index (χ0v) is 22.1. The van der Waals surface area contributed by atoms with E-state index in [2.05, 4.69) is 109 Å². The summed E-state index contributed by atoms with van der Waals surface area (Å²) in [7, 11) is 0.